The number of hydrogen-bond acceptors (Lipinski definition) is 4. The van der Waals surface area contributed by atoms with Gasteiger partial charge < -0.3 is 15.3 Å². The molecule has 21 heavy (non-hydrogen) atoms. The molecule has 1 aromatic heterocycles. The Morgan fingerprint density at radius 3 is 2.52 bits per heavy atom. The molecule has 1 heterocycles. The fourth-order valence-electron chi connectivity index (χ4n) is 1.91. The number of rotatable bonds is 6. The summed E-state index contributed by atoms with van der Waals surface area (Å²) in [5, 5.41) is 12.1. The van der Waals surface area contributed by atoms with Crippen LogP contribution in [0.15, 0.2) is 18.3 Å². The van der Waals surface area contributed by atoms with Crippen LogP contribution in [0.25, 0.3) is 0 Å². The van der Waals surface area contributed by atoms with Gasteiger partial charge in [-0.25, -0.2) is 4.98 Å². The van der Waals surface area contributed by atoms with Gasteiger partial charge in [-0.1, -0.05) is 13.8 Å². The van der Waals surface area contributed by atoms with Crippen LogP contribution in [-0.4, -0.2) is 36.1 Å². The molecule has 6 heteroatoms. The van der Waals surface area contributed by atoms with Crippen molar-refractivity contribution >= 4 is 23.4 Å². The number of hydrogen-bond donors (Lipinski definition) is 2. The van der Waals surface area contributed by atoms with Gasteiger partial charge in [-0.15, -0.1) is 0 Å². The summed E-state index contributed by atoms with van der Waals surface area (Å²) in [6.07, 6.45) is 1.56. The summed E-state index contributed by atoms with van der Waals surface area (Å²) in [5.74, 6) is -0.813. The first-order valence-electron chi connectivity index (χ1n) is 6.84. The molecule has 116 valence electrons. The Bertz CT molecular complexity index is 529. The summed E-state index contributed by atoms with van der Waals surface area (Å²) in [4.78, 5) is 29.6. The molecule has 0 bridgehead atoms. The van der Waals surface area contributed by atoms with Crippen LogP contribution in [0.2, 0.25) is 0 Å². The molecule has 0 aliphatic rings. The van der Waals surface area contributed by atoms with Gasteiger partial charge in [0, 0.05) is 26.7 Å². The average molecular weight is 293 g/mol. The molecule has 0 fully saturated rings. The topological polar surface area (TPSA) is 82.5 Å². The van der Waals surface area contributed by atoms with Crippen molar-refractivity contribution in [2.24, 2.45) is 11.3 Å². The molecule has 0 spiro atoms. The number of nitrogens with zero attached hydrogens (tertiary/aromatic N) is 2. The Morgan fingerprint density at radius 2 is 2.05 bits per heavy atom. The quantitative estimate of drug-likeness (QED) is 0.840. The van der Waals surface area contributed by atoms with Gasteiger partial charge in [-0.05, 0) is 25.0 Å². The van der Waals surface area contributed by atoms with Gasteiger partial charge in [-0.3, -0.25) is 9.59 Å². The van der Waals surface area contributed by atoms with Crippen molar-refractivity contribution in [2.45, 2.75) is 27.2 Å². The number of nitrogens with one attached hydrogen (secondary N) is 1. The fourth-order valence-corrected chi connectivity index (χ4v) is 1.91. The third kappa shape index (κ3) is 3.93. The maximum atomic E-state index is 12.2. The first kappa shape index (κ1) is 16.9. The number of anilines is 2. The fraction of sp³-hybridized carbons (Fsp3) is 0.533. The number of aromatic nitrogens is 1. The number of pyridine rings is 1. The molecule has 1 amide bonds. The molecule has 1 aromatic rings. The Morgan fingerprint density at radius 1 is 1.43 bits per heavy atom. The highest BCUT2D eigenvalue weighted by atomic mass is 16.4. The average Bonchev–Trinajstić information content (AvgIpc) is 2.38. The highest BCUT2D eigenvalue weighted by Gasteiger charge is 2.38. The smallest absolute Gasteiger partial charge is 0.310 e. The molecular weight excluding hydrogens is 270 g/mol. The molecule has 1 rings (SSSR count). The zero-order valence-electron chi connectivity index (χ0n) is 13.2. The van der Waals surface area contributed by atoms with E-state index in [2.05, 4.69) is 10.3 Å². The van der Waals surface area contributed by atoms with E-state index in [1.165, 1.54) is 0 Å². The van der Waals surface area contributed by atoms with Gasteiger partial charge in [0.25, 0.3) is 0 Å². The van der Waals surface area contributed by atoms with Crippen molar-refractivity contribution in [3.05, 3.63) is 18.3 Å². The molecular formula is C15H23N3O3. The van der Waals surface area contributed by atoms with Crippen LogP contribution < -0.4 is 10.2 Å². The molecule has 2 N–H and O–H groups in total. The van der Waals surface area contributed by atoms with Crippen molar-refractivity contribution in [1.82, 2.24) is 4.98 Å². The predicted octanol–water partition coefficient (Wildman–Crippen LogP) is 2.22. The van der Waals surface area contributed by atoms with E-state index in [9.17, 15) is 14.7 Å². The second-order valence-corrected chi connectivity index (χ2v) is 5.87. The van der Waals surface area contributed by atoms with E-state index in [1.54, 1.807) is 44.0 Å². The zero-order valence-corrected chi connectivity index (χ0v) is 13.2. The lowest BCUT2D eigenvalue weighted by Gasteiger charge is -2.28. The number of aliphatic carboxylic acids is 1. The lowest BCUT2D eigenvalue weighted by atomic mass is 9.76. The maximum absolute atomic E-state index is 12.2. The van der Waals surface area contributed by atoms with E-state index in [0.717, 1.165) is 0 Å². The third-order valence-electron chi connectivity index (χ3n) is 3.78. The summed E-state index contributed by atoms with van der Waals surface area (Å²) in [6.45, 7) is 5.20. The van der Waals surface area contributed by atoms with Crippen molar-refractivity contribution in [1.29, 1.82) is 0 Å². The molecule has 0 aliphatic heterocycles. The largest absolute Gasteiger partial charge is 0.481 e. The number of carbonyl (C=O) groups is 2. The molecule has 0 saturated heterocycles. The van der Waals surface area contributed by atoms with Crippen LogP contribution in [0.4, 0.5) is 11.5 Å². The van der Waals surface area contributed by atoms with Crippen molar-refractivity contribution in [3.8, 4) is 0 Å². The Kier molecular flexibility index (Phi) is 5.29. The molecule has 1 unspecified atom stereocenters. The highest BCUT2D eigenvalue weighted by molar-refractivity contribution is 5.96. The molecule has 0 aliphatic carbocycles. The van der Waals surface area contributed by atoms with Gasteiger partial charge in [0.05, 0.1) is 11.1 Å². The second kappa shape index (κ2) is 6.56. The van der Waals surface area contributed by atoms with Crippen LogP contribution in [0.5, 0.6) is 0 Å². The summed E-state index contributed by atoms with van der Waals surface area (Å²) in [6, 6.07) is 3.47. The summed E-state index contributed by atoms with van der Waals surface area (Å²) in [7, 11) is 3.65. The first-order chi connectivity index (χ1) is 9.68. The second-order valence-electron chi connectivity index (χ2n) is 5.87. The monoisotopic (exact) mass is 293 g/mol. The van der Waals surface area contributed by atoms with Crippen LogP contribution in [0, 0.1) is 11.3 Å². The number of carboxylic acid groups (broad SMARTS) is 1. The molecule has 0 aromatic carbocycles. The lowest BCUT2D eigenvalue weighted by molar-refractivity contribution is -0.153. The summed E-state index contributed by atoms with van der Waals surface area (Å²) >= 11 is 0. The number of carbonyl (C=O) groups excluding carboxylic acids is 1. The Hall–Kier alpha value is -2.11. The van der Waals surface area contributed by atoms with Gasteiger partial charge in [0.15, 0.2) is 5.82 Å². The number of carboxylic acids is 1. The minimum absolute atomic E-state index is 0.0816. The van der Waals surface area contributed by atoms with Crippen LogP contribution in [0.3, 0.4) is 0 Å². The van der Waals surface area contributed by atoms with E-state index in [1.807, 2.05) is 14.1 Å². The summed E-state index contributed by atoms with van der Waals surface area (Å²) in [5.41, 5.74) is -0.520. The van der Waals surface area contributed by atoms with Gasteiger partial charge in [-0.2, -0.15) is 0 Å². The van der Waals surface area contributed by atoms with E-state index >= 15 is 0 Å². The predicted molar refractivity (Wildman–Crippen MR) is 82.4 cm³/mol. The highest BCUT2D eigenvalue weighted by Crippen LogP contribution is 2.32. The lowest BCUT2D eigenvalue weighted by Crippen LogP contribution is -2.37. The van der Waals surface area contributed by atoms with Crippen LogP contribution in [0.1, 0.15) is 27.2 Å². The first-order valence-corrected chi connectivity index (χ1v) is 6.84. The summed E-state index contributed by atoms with van der Waals surface area (Å²) < 4.78 is 0. The van der Waals surface area contributed by atoms with E-state index < -0.39 is 11.4 Å². The SMILES string of the molecule is CC(C)C(C)(CC(=O)Nc1cccnc1N(C)C)C(=O)O. The number of amides is 1. The Balaban J connectivity index is 2.90. The van der Waals surface area contributed by atoms with Crippen LogP contribution >= 0.6 is 0 Å². The van der Waals surface area contributed by atoms with Crippen molar-refractivity contribution in [3.63, 3.8) is 0 Å². The Labute approximate surface area is 125 Å². The minimum Gasteiger partial charge on any atom is -0.481 e. The van der Waals surface area contributed by atoms with E-state index in [0.29, 0.717) is 11.5 Å². The molecule has 6 nitrogen and oxygen atoms in total. The standard InChI is InChI=1S/C15H23N3O3/c1-10(2)15(3,14(20)21)9-12(19)17-11-7-6-8-16-13(11)18(4)5/h6-8,10H,9H2,1-5H3,(H,17,19)(H,20,21). The van der Waals surface area contributed by atoms with Crippen molar-refractivity contribution in [2.75, 3.05) is 24.3 Å². The van der Waals surface area contributed by atoms with Crippen molar-refractivity contribution < 1.29 is 14.7 Å². The molecule has 1 atom stereocenters. The molecule has 0 radical (unpaired) electrons. The van der Waals surface area contributed by atoms with Gasteiger partial charge in [0.2, 0.25) is 5.91 Å². The van der Waals surface area contributed by atoms with Gasteiger partial charge >= 0.3 is 5.97 Å². The van der Waals surface area contributed by atoms with Crippen LogP contribution in [-0.2, 0) is 9.59 Å². The third-order valence-corrected chi connectivity index (χ3v) is 3.78. The maximum Gasteiger partial charge on any atom is 0.310 e. The van der Waals surface area contributed by atoms with Gasteiger partial charge in [0.1, 0.15) is 0 Å². The zero-order chi connectivity index (χ0) is 16.2. The molecule has 0 saturated carbocycles. The van der Waals surface area contributed by atoms with E-state index in [4.69, 9.17) is 0 Å². The van der Waals surface area contributed by atoms with E-state index in [-0.39, 0.29) is 18.2 Å². The normalized spacial score (nSPS) is 13.6. The minimum atomic E-state index is -1.09.